The third-order valence-corrected chi connectivity index (χ3v) is 9.11. The molecule has 11 heteroatoms. The van der Waals surface area contributed by atoms with Gasteiger partial charge in [-0.25, -0.2) is 9.11 Å². The van der Waals surface area contributed by atoms with Gasteiger partial charge in [0.05, 0.1) is 15.6 Å². The minimum Gasteiger partial charge on any atom is -0.489 e. The van der Waals surface area contributed by atoms with Crippen LogP contribution in [0.5, 0.6) is 5.75 Å². The van der Waals surface area contributed by atoms with Crippen LogP contribution in [0.25, 0.3) is 0 Å². The van der Waals surface area contributed by atoms with Crippen molar-refractivity contribution in [3.8, 4) is 5.75 Å². The maximum absolute atomic E-state index is 15.0. The van der Waals surface area contributed by atoms with Crippen LogP contribution < -0.4 is 9.46 Å². The molecule has 2 heterocycles. The van der Waals surface area contributed by atoms with Gasteiger partial charge in [-0.2, -0.15) is 12.7 Å². The van der Waals surface area contributed by atoms with Gasteiger partial charge in [0.1, 0.15) is 17.7 Å². The second-order valence-electron chi connectivity index (χ2n) is 9.70. The molecule has 3 fully saturated rings. The Bertz CT molecular complexity index is 1270. The lowest BCUT2D eigenvalue weighted by molar-refractivity contribution is 0.0832. The lowest BCUT2D eigenvalue weighted by atomic mass is 10.0. The number of benzene rings is 2. The summed E-state index contributed by atoms with van der Waals surface area (Å²) in [7, 11) is -3.96. The molecule has 3 aliphatic rings. The van der Waals surface area contributed by atoms with Crippen molar-refractivity contribution in [2.24, 2.45) is 0 Å². The first-order chi connectivity index (χ1) is 17.2. The quantitative estimate of drug-likeness (QED) is 0.509. The predicted octanol–water partition coefficient (Wildman–Crippen LogP) is 4.73. The number of carbonyl (C=O) groups is 1. The number of likely N-dealkylation sites (tertiary alicyclic amines) is 1. The first-order valence-electron chi connectivity index (χ1n) is 12.2. The maximum Gasteiger partial charge on any atom is 0.304 e. The number of piperidine rings is 1. The highest BCUT2D eigenvalue weighted by Crippen LogP contribution is 2.45. The highest BCUT2D eigenvalue weighted by molar-refractivity contribution is 7.87. The van der Waals surface area contributed by atoms with Crippen molar-refractivity contribution in [2.45, 2.75) is 50.7 Å². The molecule has 2 aliphatic heterocycles. The van der Waals surface area contributed by atoms with Gasteiger partial charge in [-0.3, -0.25) is 9.69 Å². The summed E-state index contributed by atoms with van der Waals surface area (Å²) in [5.74, 6) is -1.15. The van der Waals surface area contributed by atoms with E-state index in [1.54, 1.807) is 6.07 Å². The monoisotopic (exact) mass is 555 g/mol. The number of ether oxygens (including phenoxy) is 1. The third kappa shape index (κ3) is 5.81. The smallest absolute Gasteiger partial charge is 0.304 e. The molecule has 1 aliphatic carbocycles. The molecule has 2 aromatic rings. The lowest BCUT2D eigenvalue weighted by Gasteiger charge is -2.33. The second-order valence-corrected chi connectivity index (χ2v) is 12.2. The molecule has 0 spiro atoms. The third-order valence-electron chi connectivity index (χ3n) is 6.88. The molecule has 1 atom stereocenters. The minimum atomic E-state index is -3.96. The predicted molar refractivity (Wildman–Crippen MR) is 136 cm³/mol. The number of amides is 1. The topological polar surface area (TPSA) is 79.0 Å². The SMILES string of the molecule is O=C(NS(=O)(=O)N1CCC1)c1cc(C2CC2)c(O[C@@H]2CCCN(Cc3ccc(Cl)c(Cl)c3)C2)cc1F. The molecule has 36 heavy (non-hydrogen) atoms. The molecule has 0 bridgehead atoms. The molecule has 1 saturated carbocycles. The van der Waals surface area contributed by atoms with E-state index in [4.69, 9.17) is 27.9 Å². The zero-order chi connectivity index (χ0) is 25.4. The number of hydrogen-bond acceptors (Lipinski definition) is 5. The lowest BCUT2D eigenvalue weighted by Crippen LogP contribution is -2.49. The van der Waals surface area contributed by atoms with Gasteiger partial charge in [-0.05, 0) is 73.9 Å². The van der Waals surface area contributed by atoms with Crippen LogP contribution in [0.15, 0.2) is 30.3 Å². The van der Waals surface area contributed by atoms with Crippen LogP contribution in [0.4, 0.5) is 4.39 Å². The highest BCUT2D eigenvalue weighted by atomic mass is 35.5. The Labute approximate surface area is 220 Å². The van der Waals surface area contributed by atoms with Gasteiger partial charge in [-0.1, -0.05) is 29.3 Å². The average molecular weight is 556 g/mol. The Kier molecular flexibility index (Phi) is 7.47. The zero-order valence-electron chi connectivity index (χ0n) is 19.7. The zero-order valence-corrected chi connectivity index (χ0v) is 22.0. The molecule has 0 aromatic heterocycles. The minimum absolute atomic E-state index is 0.134. The Balaban J connectivity index is 1.29. The van der Waals surface area contributed by atoms with Crippen LogP contribution in [-0.2, 0) is 16.8 Å². The van der Waals surface area contributed by atoms with E-state index in [1.165, 1.54) is 12.1 Å². The summed E-state index contributed by atoms with van der Waals surface area (Å²) >= 11 is 12.2. The summed E-state index contributed by atoms with van der Waals surface area (Å²) in [6, 6.07) is 8.29. The number of halogens is 3. The normalized spacial score (nSPS) is 21.1. The van der Waals surface area contributed by atoms with Gasteiger partial charge >= 0.3 is 10.2 Å². The van der Waals surface area contributed by atoms with Gasteiger partial charge in [0.25, 0.3) is 5.91 Å². The largest absolute Gasteiger partial charge is 0.489 e. The van der Waals surface area contributed by atoms with Gasteiger partial charge in [0.15, 0.2) is 0 Å². The summed E-state index contributed by atoms with van der Waals surface area (Å²) in [6.07, 6.45) is 4.21. The van der Waals surface area contributed by atoms with E-state index >= 15 is 4.39 Å². The van der Waals surface area contributed by atoms with Crippen molar-refractivity contribution < 1.29 is 22.3 Å². The van der Waals surface area contributed by atoms with E-state index in [-0.39, 0.29) is 17.6 Å². The number of carbonyl (C=O) groups excluding carboxylic acids is 1. The van der Waals surface area contributed by atoms with Gasteiger partial charge in [-0.15, -0.1) is 0 Å². The molecule has 2 aromatic carbocycles. The van der Waals surface area contributed by atoms with E-state index in [0.29, 0.717) is 42.0 Å². The van der Waals surface area contributed by atoms with Crippen LogP contribution in [-0.4, -0.2) is 55.8 Å². The molecule has 5 rings (SSSR count). The van der Waals surface area contributed by atoms with E-state index in [1.807, 2.05) is 16.9 Å². The van der Waals surface area contributed by atoms with Crippen molar-refractivity contribution in [3.63, 3.8) is 0 Å². The molecule has 7 nitrogen and oxygen atoms in total. The molecule has 0 radical (unpaired) electrons. The molecule has 1 N–H and O–H groups in total. The Morgan fingerprint density at radius 3 is 2.50 bits per heavy atom. The summed E-state index contributed by atoms with van der Waals surface area (Å²) in [5, 5.41) is 1.04. The van der Waals surface area contributed by atoms with Crippen molar-refractivity contribution in [1.82, 2.24) is 13.9 Å². The van der Waals surface area contributed by atoms with Gasteiger partial charge in [0.2, 0.25) is 0 Å². The Morgan fingerprint density at radius 2 is 1.83 bits per heavy atom. The maximum atomic E-state index is 15.0. The van der Waals surface area contributed by atoms with E-state index < -0.39 is 21.9 Å². The van der Waals surface area contributed by atoms with Crippen molar-refractivity contribution >= 4 is 39.3 Å². The standard InChI is InChI=1S/C25H28Cl2FN3O4S/c26-21-7-4-16(11-22(21)27)14-30-8-1-3-18(15-30)35-24-13-23(28)20(12-19(24)17-5-6-17)25(32)29-36(33,34)31-9-2-10-31/h4,7,11-13,17-18H,1-3,5-6,8-10,14-15H2,(H,29,32)/t18-/m1/s1. The summed E-state index contributed by atoms with van der Waals surface area (Å²) < 4.78 is 49.1. The molecule has 194 valence electrons. The number of rotatable bonds is 8. The molecule has 1 amide bonds. The van der Waals surface area contributed by atoms with E-state index in [9.17, 15) is 13.2 Å². The first kappa shape index (κ1) is 25.7. The number of nitrogens with one attached hydrogen (secondary N) is 1. The highest BCUT2D eigenvalue weighted by Gasteiger charge is 2.33. The average Bonchev–Trinajstić information content (AvgIpc) is 3.60. The van der Waals surface area contributed by atoms with Crippen LogP contribution in [0, 0.1) is 5.82 Å². The summed E-state index contributed by atoms with van der Waals surface area (Å²) in [5.41, 5.74) is 1.53. The fourth-order valence-electron chi connectivity index (χ4n) is 4.65. The summed E-state index contributed by atoms with van der Waals surface area (Å²) in [6.45, 7) is 2.99. The van der Waals surface area contributed by atoms with Crippen LogP contribution in [0.2, 0.25) is 10.0 Å². The van der Waals surface area contributed by atoms with Crippen LogP contribution in [0.3, 0.4) is 0 Å². The Morgan fingerprint density at radius 1 is 1.06 bits per heavy atom. The fourth-order valence-corrected chi connectivity index (χ4v) is 6.19. The van der Waals surface area contributed by atoms with Crippen molar-refractivity contribution in [1.29, 1.82) is 0 Å². The van der Waals surface area contributed by atoms with Gasteiger partial charge < -0.3 is 4.74 Å². The fraction of sp³-hybridized carbons (Fsp3) is 0.480. The molecular weight excluding hydrogens is 528 g/mol. The van der Waals surface area contributed by atoms with E-state index in [0.717, 1.165) is 54.1 Å². The van der Waals surface area contributed by atoms with E-state index in [2.05, 4.69) is 4.90 Å². The first-order valence-corrected chi connectivity index (χ1v) is 14.4. The molecular formula is C25H28Cl2FN3O4S. The summed E-state index contributed by atoms with van der Waals surface area (Å²) in [4.78, 5) is 14.9. The van der Waals surface area contributed by atoms with Crippen LogP contribution >= 0.6 is 23.2 Å². The molecule has 2 saturated heterocycles. The number of hydrogen-bond donors (Lipinski definition) is 1. The Hall–Kier alpha value is -1.91. The van der Waals surface area contributed by atoms with Crippen LogP contribution in [0.1, 0.15) is 59.5 Å². The second kappa shape index (κ2) is 10.5. The van der Waals surface area contributed by atoms with Crippen molar-refractivity contribution in [2.75, 3.05) is 26.2 Å². The molecule has 0 unspecified atom stereocenters. The van der Waals surface area contributed by atoms with Gasteiger partial charge in [0, 0.05) is 32.2 Å². The van der Waals surface area contributed by atoms with Crippen molar-refractivity contribution in [3.05, 3.63) is 62.9 Å². The number of nitrogens with zero attached hydrogens (tertiary/aromatic N) is 2.